The second kappa shape index (κ2) is 12.9. The van der Waals surface area contributed by atoms with Crippen molar-refractivity contribution in [3.8, 4) is 0 Å². The molecular formula is C38H48N4O5. The number of aliphatic hydroxyl groups is 1. The molecule has 4 aliphatic heterocycles. The smallest absolute Gasteiger partial charge is 0.253 e. The van der Waals surface area contributed by atoms with Gasteiger partial charge in [-0.25, -0.2) is 0 Å². The number of fused-ring (bicyclic) bond motifs is 2. The lowest BCUT2D eigenvalue weighted by molar-refractivity contribution is -0.150. The number of amides is 3. The molecule has 2 saturated heterocycles. The number of likely N-dealkylation sites (tertiary alicyclic amines) is 1. The molecule has 0 bridgehead atoms. The van der Waals surface area contributed by atoms with E-state index in [1.807, 2.05) is 99.7 Å². The lowest BCUT2D eigenvalue weighted by Gasteiger charge is -2.42. The number of ether oxygens (including phenoxy) is 1. The van der Waals surface area contributed by atoms with E-state index in [-0.39, 0.29) is 36.8 Å². The molecule has 6 rings (SSSR count). The third kappa shape index (κ3) is 5.10. The highest BCUT2D eigenvalue weighted by Crippen LogP contribution is 2.59. The number of hydrogen-bond acceptors (Lipinski definition) is 6. The molecule has 9 heteroatoms. The minimum Gasteiger partial charge on any atom is -0.394 e. The average Bonchev–Trinajstić information content (AvgIpc) is 3.38. The van der Waals surface area contributed by atoms with E-state index < -0.39 is 35.1 Å². The van der Waals surface area contributed by atoms with Gasteiger partial charge in [0.15, 0.2) is 0 Å². The Morgan fingerprint density at radius 3 is 2.04 bits per heavy atom. The van der Waals surface area contributed by atoms with Gasteiger partial charge in [0.2, 0.25) is 11.8 Å². The molecule has 4 aliphatic rings. The molecule has 0 aliphatic carbocycles. The number of carbonyl (C=O) groups excluding carboxylic acids is 3. The monoisotopic (exact) mass is 640 g/mol. The van der Waals surface area contributed by atoms with E-state index in [0.29, 0.717) is 19.4 Å². The Morgan fingerprint density at radius 1 is 0.830 bits per heavy atom. The van der Waals surface area contributed by atoms with Crippen LogP contribution in [0.1, 0.15) is 47.5 Å². The van der Waals surface area contributed by atoms with Crippen LogP contribution < -0.4 is 14.7 Å². The van der Waals surface area contributed by atoms with Gasteiger partial charge < -0.3 is 29.4 Å². The van der Waals surface area contributed by atoms with Crippen LogP contribution >= 0.6 is 0 Å². The Hall–Kier alpha value is -3.95. The SMILES string of the molecule is CC[C@H](C)[C@H](CO)N1C(=O)[C@@H]2[C@@H]3C(=O)N(c4ccccc4)CC=C[C@]3(CC)O[C@@]23C=CCN(c2ccc(N(CC)CC)cc2)C(=O)C13. The Labute approximate surface area is 278 Å². The van der Waals surface area contributed by atoms with Gasteiger partial charge in [-0.15, -0.1) is 0 Å². The van der Waals surface area contributed by atoms with E-state index >= 15 is 4.79 Å². The molecule has 0 saturated carbocycles. The van der Waals surface area contributed by atoms with Crippen molar-refractivity contribution in [3.05, 3.63) is 78.9 Å². The molecule has 1 N–H and O–H groups in total. The highest BCUT2D eigenvalue weighted by Gasteiger charge is 2.76. The van der Waals surface area contributed by atoms with Crippen LogP contribution in [-0.4, -0.2) is 83.8 Å². The highest BCUT2D eigenvalue weighted by molar-refractivity contribution is 6.07. The molecule has 1 spiro atoms. The summed E-state index contributed by atoms with van der Waals surface area (Å²) in [6.07, 6.45) is 8.85. The minimum absolute atomic E-state index is 0.0943. The third-order valence-corrected chi connectivity index (χ3v) is 11.1. The molecule has 2 aromatic carbocycles. The van der Waals surface area contributed by atoms with Gasteiger partial charge in [0.25, 0.3) is 5.91 Å². The molecule has 0 aromatic heterocycles. The summed E-state index contributed by atoms with van der Waals surface area (Å²) in [5.41, 5.74) is 0.0531. The fourth-order valence-electron chi connectivity index (χ4n) is 8.38. The maximum Gasteiger partial charge on any atom is 0.253 e. The van der Waals surface area contributed by atoms with Gasteiger partial charge in [0.05, 0.1) is 30.1 Å². The molecule has 0 radical (unpaired) electrons. The van der Waals surface area contributed by atoms with Gasteiger partial charge in [0, 0.05) is 43.2 Å². The first-order valence-corrected chi connectivity index (χ1v) is 17.2. The Balaban J connectivity index is 1.49. The Kier molecular flexibility index (Phi) is 9.06. The van der Waals surface area contributed by atoms with Crippen LogP contribution in [0, 0.1) is 17.8 Å². The largest absolute Gasteiger partial charge is 0.394 e. The second-order valence-electron chi connectivity index (χ2n) is 13.2. The average molecular weight is 641 g/mol. The number of benzene rings is 2. The maximum atomic E-state index is 15.0. The summed E-state index contributed by atoms with van der Waals surface area (Å²) >= 11 is 0. The van der Waals surface area contributed by atoms with Crippen molar-refractivity contribution in [1.82, 2.24) is 4.90 Å². The zero-order chi connectivity index (χ0) is 33.5. The van der Waals surface area contributed by atoms with Gasteiger partial charge in [-0.05, 0) is 62.6 Å². The van der Waals surface area contributed by atoms with Crippen LogP contribution in [0.4, 0.5) is 17.1 Å². The first kappa shape index (κ1) is 33.0. The van der Waals surface area contributed by atoms with E-state index in [4.69, 9.17) is 4.74 Å². The van der Waals surface area contributed by atoms with Gasteiger partial charge >= 0.3 is 0 Å². The summed E-state index contributed by atoms with van der Waals surface area (Å²) in [5.74, 6) is -2.69. The number of anilines is 3. The van der Waals surface area contributed by atoms with E-state index in [1.165, 1.54) is 0 Å². The summed E-state index contributed by atoms with van der Waals surface area (Å²) in [6.45, 7) is 12.3. The molecule has 250 valence electrons. The first-order valence-electron chi connectivity index (χ1n) is 17.2. The number of carbonyl (C=O) groups is 3. The summed E-state index contributed by atoms with van der Waals surface area (Å²) in [5, 5.41) is 10.8. The first-order chi connectivity index (χ1) is 22.7. The van der Waals surface area contributed by atoms with Gasteiger partial charge in [-0.1, -0.05) is 69.7 Å². The van der Waals surface area contributed by atoms with Crippen molar-refractivity contribution in [2.75, 3.05) is 47.5 Å². The van der Waals surface area contributed by atoms with Crippen molar-refractivity contribution < 1.29 is 24.2 Å². The summed E-state index contributed by atoms with van der Waals surface area (Å²) < 4.78 is 7.16. The lowest BCUT2D eigenvalue weighted by Crippen LogP contribution is -2.60. The van der Waals surface area contributed by atoms with E-state index in [9.17, 15) is 14.7 Å². The van der Waals surface area contributed by atoms with Crippen LogP contribution in [0.5, 0.6) is 0 Å². The molecular weight excluding hydrogens is 592 g/mol. The minimum atomic E-state index is -1.40. The van der Waals surface area contributed by atoms with Crippen LogP contribution in [-0.2, 0) is 19.1 Å². The summed E-state index contributed by atoms with van der Waals surface area (Å²) in [4.78, 5) is 52.0. The van der Waals surface area contributed by atoms with Gasteiger partial charge in [0.1, 0.15) is 11.6 Å². The summed E-state index contributed by atoms with van der Waals surface area (Å²) in [7, 11) is 0. The van der Waals surface area contributed by atoms with Crippen LogP contribution in [0.15, 0.2) is 78.9 Å². The molecule has 4 heterocycles. The van der Waals surface area contributed by atoms with Crippen molar-refractivity contribution in [2.24, 2.45) is 17.8 Å². The predicted molar refractivity (Wildman–Crippen MR) is 184 cm³/mol. The van der Waals surface area contributed by atoms with Crippen molar-refractivity contribution in [2.45, 2.75) is 70.7 Å². The fourth-order valence-corrected chi connectivity index (χ4v) is 8.38. The van der Waals surface area contributed by atoms with E-state index in [2.05, 4.69) is 18.7 Å². The number of nitrogens with zero attached hydrogens (tertiary/aromatic N) is 4. The van der Waals surface area contributed by atoms with Crippen molar-refractivity contribution >= 4 is 34.8 Å². The lowest BCUT2D eigenvalue weighted by atomic mass is 9.73. The molecule has 2 aromatic rings. The normalized spacial score (nSPS) is 29.7. The number of hydrogen-bond donors (Lipinski definition) is 1. The zero-order valence-corrected chi connectivity index (χ0v) is 28.2. The number of aliphatic hydroxyl groups excluding tert-OH is 1. The quantitative estimate of drug-likeness (QED) is 0.375. The van der Waals surface area contributed by atoms with Gasteiger partial charge in [-0.2, -0.15) is 0 Å². The van der Waals surface area contributed by atoms with Crippen LogP contribution in [0.3, 0.4) is 0 Å². The van der Waals surface area contributed by atoms with E-state index in [1.54, 1.807) is 14.7 Å². The topological polar surface area (TPSA) is 93.6 Å². The van der Waals surface area contributed by atoms with Crippen molar-refractivity contribution in [1.29, 1.82) is 0 Å². The van der Waals surface area contributed by atoms with Gasteiger partial charge in [-0.3, -0.25) is 14.4 Å². The van der Waals surface area contributed by atoms with E-state index in [0.717, 1.165) is 30.2 Å². The Bertz CT molecular complexity index is 1540. The summed E-state index contributed by atoms with van der Waals surface area (Å²) in [6, 6.07) is 15.7. The predicted octanol–water partition coefficient (Wildman–Crippen LogP) is 4.81. The molecule has 47 heavy (non-hydrogen) atoms. The van der Waals surface area contributed by atoms with Crippen LogP contribution in [0.25, 0.3) is 0 Å². The highest BCUT2D eigenvalue weighted by atomic mass is 16.5. The Morgan fingerprint density at radius 2 is 1.45 bits per heavy atom. The van der Waals surface area contributed by atoms with Crippen molar-refractivity contribution in [3.63, 3.8) is 0 Å². The molecule has 9 nitrogen and oxygen atoms in total. The standard InChI is InChI=1S/C38H48N4O5/c1-6-26(5)30(25-43)42-33-36(46)41(29-19-17-27(18-20-29)39(8-3)9-4)24-14-22-38(33)32(35(42)45)31-34(44)40(28-15-11-10-12-16-28)23-13-21-37(31,7-2)47-38/h10-22,26,30-33,43H,6-9,23-25H2,1-5H3/t26-,30-,31+,32-,33?,37-,38-/m0/s1. The molecule has 3 amide bonds. The second-order valence-corrected chi connectivity index (χ2v) is 13.2. The zero-order valence-electron chi connectivity index (χ0n) is 28.2. The maximum absolute atomic E-state index is 15.0. The third-order valence-electron chi connectivity index (χ3n) is 11.1. The fraction of sp³-hybridized carbons (Fsp3) is 0.500. The molecule has 2 fully saturated rings. The molecule has 1 unspecified atom stereocenters. The molecule has 7 atom stereocenters. The van der Waals surface area contributed by atoms with Crippen LogP contribution in [0.2, 0.25) is 0 Å². The number of rotatable bonds is 10. The number of para-hydroxylation sites is 1.